The van der Waals surface area contributed by atoms with Gasteiger partial charge in [0.25, 0.3) is 0 Å². The molecule has 124 valence electrons. The van der Waals surface area contributed by atoms with Crippen molar-refractivity contribution in [2.75, 3.05) is 5.32 Å². The third-order valence-electron chi connectivity index (χ3n) is 3.89. The summed E-state index contributed by atoms with van der Waals surface area (Å²) in [5.74, 6) is -0.705. The highest BCUT2D eigenvalue weighted by molar-refractivity contribution is 6.50. The first-order valence-electron chi connectivity index (χ1n) is 7.66. The summed E-state index contributed by atoms with van der Waals surface area (Å²) in [6.07, 6.45) is 3.76. The average Bonchev–Trinajstić information content (AvgIpc) is 2.64. The lowest BCUT2D eigenvalue weighted by atomic mass is 9.92. The number of ketones is 2. The summed E-state index contributed by atoms with van der Waals surface area (Å²) >= 11 is 6.19. The minimum atomic E-state index is -0.378. The molecule has 0 fully saturated rings. The lowest BCUT2D eigenvalue weighted by molar-refractivity contribution is 0.0982. The van der Waals surface area contributed by atoms with Crippen LogP contribution in [0.1, 0.15) is 33.2 Å². The molecule has 0 saturated carbocycles. The van der Waals surface area contributed by atoms with Gasteiger partial charge in [-0.05, 0) is 19.7 Å². The summed E-state index contributed by atoms with van der Waals surface area (Å²) in [7, 11) is 0. The lowest BCUT2D eigenvalue weighted by Crippen LogP contribution is -2.24. The zero-order valence-electron chi connectivity index (χ0n) is 13.5. The molecule has 0 saturated heterocycles. The summed E-state index contributed by atoms with van der Waals surface area (Å²) < 4.78 is 0. The summed E-state index contributed by atoms with van der Waals surface area (Å²) in [6.45, 7) is 5.49. The Hall–Kier alpha value is -2.98. The Labute approximate surface area is 150 Å². The number of anilines is 1. The average molecular weight is 351 g/mol. The van der Waals surface area contributed by atoms with Crippen LogP contribution in [0.4, 0.5) is 11.4 Å². The van der Waals surface area contributed by atoms with Gasteiger partial charge in [-0.15, -0.1) is 0 Å². The molecule has 2 aromatic carbocycles. The van der Waals surface area contributed by atoms with Crippen LogP contribution >= 0.6 is 11.6 Å². The second kappa shape index (κ2) is 6.87. The number of carbonyl (C=O) groups excluding carboxylic acids is 2. The van der Waals surface area contributed by atoms with Crippen LogP contribution in [0.5, 0.6) is 0 Å². The van der Waals surface area contributed by atoms with Crippen molar-refractivity contribution in [3.8, 4) is 0 Å². The van der Waals surface area contributed by atoms with E-state index in [4.69, 9.17) is 11.6 Å². The molecule has 5 heteroatoms. The SMILES string of the molecule is C=Nc1c(/C=C\C)cccc1NC1=C(Cl)C(=O)c2ccccc2C1=O. The number of Topliss-reactive ketones (excluding diaryl/α,β-unsaturated/α-hetero) is 2. The molecule has 0 spiro atoms. The normalized spacial score (nSPS) is 14.0. The Bertz CT molecular complexity index is 958. The van der Waals surface area contributed by atoms with Gasteiger partial charge in [-0.3, -0.25) is 14.6 Å². The topological polar surface area (TPSA) is 58.5 Å². The molecule has 0 unspecified atom stereocenters. The van der Waals surface area contributed by atoms with Gasteiger partial charge in [0.1, 0.15) is 10.7 Å². The molecular weight excluding hydrogens is 336 g/mol. The van der Waals surface area contributed by atoms with Gasteiger partial charge < -0.3 is 5.32 Å². The molecule has 25 heavy (non-hydrogen) atoms. The largest absolute Gasteiger partial charge is 0.349 e. The zero-order valence-corrected chi connectivity index (χ0v) is 14.3. The van der Waals surface area contributed by atoms with Crippen LogP contribution in [-0.2, 0) is 0 Å². The van der Waals surface area contributed by atoms with Crippen LogP contribution in [0.25, 0.3) is 6.08 Å². The molecule has 3 rings (SSSR count). The maximum atomic E-state index is 12.8. The van der Waals surface area contributed by atoms with Gasteiger partial charge in [-0.2, -0.15) is 0 Å². The van der Waals surface area contributed by atoms with E-state index in [9.17, 15) is 9.59 Å². The van der Waals surface area contributed by atoms with Gasteiger partial charge >= 0.3 is 0 Å². The van der Waals surface area contributed by atoms with E-state index in [-0.39, 0.29) is 22.3 Å². The molecule has 2 aromatic rings. The monoisotopic (exact) mass is 350 g/mol. The Balaban J connectivity index is 2.09. The lowest BCUT2D eigenvalue weighted by Gasteiger charge is -2.20. The van der Waals surface area contributed by atoms with E-state index in [0.717, 1.165) is 5.56 Å². The fourth-order valence-corrected chi connectivity index (χ4v) is 2.98. The number of hydrogen-bond acceptors (Lipinski definition) is 4. The van der Waals surface area contributed by atoms with Crippen molar-refractivity contribution in [1.82, 2.24) is 0 Å². The number of fused-ring (bicyclic) bond motifs is 1. The number of halogens is 1. The Morgan fingerprint density at radius 3 is 2.36 bits per heavy atom. The Morgan fingerprint density at radius 1 is 1.04 bits per heavy atom. The second-order valence-corrected chi connectivity index (χ2v) is 5.80. The number of hydrogen-bond donors (Lipinski definition) is 1. The van der Waals surface area contributed by atoms with Crippen molar-refractivity contribution in [2.45, 2.75) is 6.92 Å². The van der Waals surface area contributed by atoms with E-state index in [1.165, 1.54) is 0 Å². The molecule has 0 aliphatic heterocycles. The van der Waals surface area contributed by atoms with Crippen molar-refractivity contribution in [3.63, 3.8) is 0 Å². The van der Waals surface area contributed by atoms with Crippen molar-refractivity contribution in [2.24, 2.45) is 4.99 Å². The van der Waals surface area contributed by atoms with Gasteiger partial charge in [0.2, 0.25) is 11.6 Å². The van der Waals surface area contributed by atoms with E-state index in [2.05, 4.69) is 17.0 Å². The van der Waals surface area contributed by atoms with Gasteiger partial charge in [0.05, 0.1) is 11.4 Å². The first-order chi connectivity index (χ1) is 12.1. The molecule has 0 aromatic heterocycles. The maximum Gasteiger partial charge on any atom is 0.211 e. The molecule has 0 amide bonds. The summed E-state index contributed by atoms with van der Waals surface area (Å²) in [4.78, 5) is 29.3. The number of rotatable bonds is 4. The first-order valence-corrected chi connectivity index (χ1v) is 8.04. The second-order valence-electron chi connectivity index (χ2n) is 5.42. The number of nitrogens with zero attached hydrogens (tertiary/aromatic N) is 1. The minimum absolute atomic E-state index is 0.0490. The Morgan fingerprint density at radius 2 is 1.72 bits per heavy atom. The van der Waals surface area contributed by atoms with Crippen molar-refractivity contribution in [3.05, 3.63) is 76.0 Å². The molecule has 1 aliphatic rings. The highest BCUT2D eigenvalue weighted by Gasteiger charge is 2.31. The quantitative estimate of drug-likeness (QED) is 0.790. The van der Waals surface area contributed by atoms with Gasteiger partial charge in [0, 0.05) is 16.7 Å². The predicted octanol–water partition coefficient (Wildman–Crippen LogP) is 4.99. The van der Waals surface area contributed by atoms with Crippen molar-refractivity contribution < 1.29 is 9.59 Å². The molecule has 1 N–H and O–H groups in total. The molecule has 0 heterocycles. The molecule has 0 radical (unpaired) electrons. The fourth-order valence-electron chi connectivity index (χ4n) is 2.74. The van der Waals surface area contributed by atoms with Crippen LogP contribution in [0.3, 0.4) is 0 Å². The number of aliphatic imine (C=N–C) groups is 1. The standard InChI is InChI=1S/C20H15ClN2O2/c1-3-7-12-8-6-11-15(17(12)22-2)23-18-16(21)19(24)13-9-4-5-10-14(13)20(18)25/h3-11,23H,2H2,1H3/b7-3-. The molecule has 4 nitrogen and oxygen atoms in total. The van der Waals surface area contributed by atoms with Gasteiger partial charge in [0.15, 0.2) is 0 Å². The smallest absolute Gasteiger partial charge is 0.211 e. The molecular formula is C20H15ClN2O2. The van der Waals surface area contributed by atoms with E-state index >= 15 is 0 Å². The van der Waals surface area contributed by atoms with Crippen LogP contribution in [0.15, 0.2) is 64.3 Å². The van der Waals surface area contributed by atoms with Crippen LogP contribution in [0.2, 0.25) is 0 Å². The maximum absolute atomic E-state index is 12.8. The highest BCUT2D eigenvalue weighted by atomic mass is 35.5. The number of carbonyl (C=O) groups is 2. The Kier molecular flexibility index (Phi) is 4.63. The zero-order chi connectivity index (χ0) is 18.0. The minimum Gasteiger partial charge on any atom is -0.349 e. The van der Waals surface area contributed by atoms with Crippen molar-refractivity contribution in [1.29, 1.82) is 0 Å². The van der Waals surface area contributed by atoms with E-state index in [1.807, 2.05) is 31.2 Å². The van der Waals surface area contributed by atoms with Gasteiger partial charge in [-0.1, -0.05) is 60.2 Å². The highest BCUT2D eigenvalue weighted by Crippen LogP contribution is 2.34. The fraction of sp³-hybridized carbons (Fsp3) is 0.0500. The number of allylic oxidation sites excluding steroid dienone is 3. The molecule has 1 aliphatic carbocycles. The predicted molar refractivity (Wildman–Crippen MR) is 102 cm³/mol. The van der Waals surface area contributed by atoms with E-state index < -0.39 is 0 Å². The van der Waals surface area contributed by atoms with Crippen LogP contribution < -0.4 is 5.32 Å². The van der Waals surface area contributed by atoms with E-state index in [1.54, 1.807) is 30.3 Å². The summed E-state index contributed by atoms with van der Waals surface area (Å²) in [5, 5.41) is 2.85. The van der Waals surface area contributed by atoms with Crippen LogP contribution in [-0.4, -0.2) is 18.3 Å². The van der Waals surface area contributed by atoms with Crippen molar-refractivity contribution >= 4 is 47.3 Å². The molecule has 0 bridgehead atoms. The third kappa shape index (κ3) is 2.92. The number of nitrogens with one attached hydrogen (secondary N) is 1. The third-order valence-corrected chi connectivity index (χ3v) is 4.25. The number of benzene rings is 2. The number of para-hydroxylation sites is 1. The van der Waals surface area contributed by atoms with Crippen LogP contribution in [0, 0.1) is 0 Å². The molecule has 0 atom stereocenters. The first kappa shape index (κ1) is 16.9. The summed E-state index contributed by atoms with van der Waals surface area (Å²) in [6, 6.07) is 12.1. The van der Waals surface area contributed by atoms with E-state index in [0.29, 0.717) is 22.5 Å². The van der Waals surface area contributed by atoms with Gasteiger partial charge in [-0.25, -0.2) is 0 Å². The summed E-state index contributed by atoms with van der Waals surface area (Å²) in [5.41, 5.74) is 2.67.